The summed E-state index contributed by atoms with van der Waals surface area (Å²) in [5, 5.41) is 5.68. The highest BCUT2D eigenvalue weighted by Gasteiger charge is 2.05. The molecular weight excluding hydrogens is 328 g/mol. The summed E-state index contributed by atoms with van der Waals surface area (Å²) >= 11 is 0. The van der Waals surface area contributed by atoms with Gasteiger partial charge in [0, 0.05) is 25.8 Å². The lowest BCUT2D eigenvalue weighted by Crippen LogP contribution is -2.28. The SMILES string of the molecule is COCCNC(=O)Cc1ccc(NC(=O)CCCc2ccccc2)cc1. The van der Waals surface area contributed by atoms with E-state index in [0.717, 1.165) is 24.1 Å². The van der Waals surface area contributed by atoms with Gasteiger partial charge in [0.2, 0.25) is 11.8 Å². The first-order valence-corrected chi connectivity index (χ1v) is 8.85. The van der Waals surface area contributed by atoms with Crippen LogP contribution in [-0.2, 0) is 27.2 Å². The van der Waals surface area contributed by atoms with Gasteiger partial charge in [-0.05, 0) is 36.1 Å². The molecule has 2 rings (SSSR count). The maximum atomic E-state index is 12.0. The van der Waals surface area contributed by atoms with Crippen LogP contribution in [0.1, 0.15) is 24.0 Å². The zero-order chi connectivity index (χ0) is 18.6. The maximum Gasteiger partial charge on any atom is 0.224 e. The van der Waals surface area contributed by atoms with E-state index in [2.05, 4.69) is 22.8 Å². The summed E-state index contributed by atoms with van der Waals surface area (Å²) in [6.07, 6.45) is 2.51. The monoisotopic (exact) mass is 354 g/mol. The quantitative estimate of drug-likeness (QED) is 0.645. The average Bonchev–Trinajstić information content (AvgIpc) is 2.64. The van der Waals surface area contributed by atoms with Crippen molar-refractivity contribution in [3.05, 3.63) is 65.7 Å². The molecule has 2 aromatic carbocycles. The largest absolute Gasteiger partial charge is 0.383 e. The van der Waals surface area contributed by atoms with Crippen LogP contribution in [0, 0.1) is 0 Å². The Labute approximate surface area is 154 Å². The normalized spacial score (nSPS) is 10.3. The van der Waals surface area contributed by atoms with Crippen LogP contribution in [0.5, 0.6) is 0 Å². The minimum atomic E-state index is -0.0419. The highest BCUT2D eigenvalue weighted by atomic mass is 16.5. The molecule has 0 radical (unpaired) electrons. The second-order valence-electron chi connectivity index (χ2n) is 6.10. The number of rotatable bonds is 10. The van der Waals surface area contributed by atoms with Crippen LogP contribution in [0.2, 0.25) is 0 Å². The second kappa shape index (κ2) is 11.1. The van der Waals surface area contributed by atoms with Crippen molar-refractivity contribution in [2.75, 3.05) is 25.6 Å². The molecule has 2 N–H and O–H groups in total. The zero-order valence-electron chi connectivity index (χ0n) is 15.2. The highest BCUT2D eigenvalue weighted by molar-refractivity contribution is 5.90. The summed E-state index contributed by atoms with van der Waals surface area (Å²) < 4.78 is 4.89. The van der Waals surface area contributed by atoms with E-state index >= 15 is 0 Å². The number of carbonyl (C=O) groups excluding carboxylic acids is 2. The van der Waals surface area contributed by atoms with Gasteiger partial charge in [0.15, 0.2) is 0 Å². The smallest absolute Gasteiger partial charge is 0.224 e. The van der Waals surface area contributed by atoms with Crippen molar-refractivity contribution < 1.29 is 14.3 Å². The molecule has 0 bridgehead atoms. The number of anilines is 1. The summed E-state index contributed by atoms with van der Waals surface area (Å²) in [6.45, 7) is 1.01. The number of hydrogen-bond acceptors (Lipinski definition) is 3. The van der Waals surface area contributed by atoms with Crippen LogP contribution in [0.4, 0.5) is 5.69 Å². The molecule has 0 heterocycles. The lowest BCUT2D eigenvalue weighted by atomic mass is 10.1. The van der Waals surface area contributed by atoms with Gasteiger partial charge in [0.25, 0.3) is 0 Å². The minimum Gasteiger partial charge on any atom is -0.383 e. The third kappa shape index (κ3) is 7.49. The van der Waals surface area contributed by atoms with Crippen molar-refractivity contribution in [2.45, 2.75) is 25.7 Å². The Morgan fingerprint density at radius 3 is 2.35 bits per heavy atom. The van der Waals surface area contributed by atoms with Crippen LogP contribution in [0.15, 0.2) is 54.6 Å². The molecule has 5 heteroatoms. The molecule has 0 aliphatic carbocycles. The minimum absolute atomic E-state index is 0.00555. The number of benzene rings is 2. The lowest BCUT2D eigenvalue weighted by molar-refractivity contribution is -0.120. The van der Waals surface area contributed by atoms with E-state index in [1.165, 1.54) is 5.56 Å². The van der Waals surface area contributed by atoms with Crippen molar-refractivity contribution in [2.24, 2.45) is 0 Å². The van der Waals surface area contributed by atoms with Gasteiger partial charge in [-0.2, -0.15) is 0 Å². The average molecular weight is 354 g/mol. The fraction of sp³-hybridized carbons (Fsp3) is 0.333. The topological polar surface area (TPSA) is 67.4 Å². The van der Waals surface area contributed by atoms with Gasteiger partial charge >= 0.3 is 0 Å². The number of aryl methyl sites for hydroxylation is 1. The standard InChI is InChI=1S/C21H26N2O3/c1-26-15-14-22-21(25)16-18-10-12-19(13-11-18)23-20(24)9-5-8-17-6-3-2-4-7-17/h2-4,6-7,10-13H,5,8-9,14-16H2,1H3,(H,22,25)(H,23,24). The first-order chi connectivity index (χ1) is 12.7. The van der Waals surface area contributed by atoms with Crippen LogP contribution in [0.3, 0.4) is 0 Å². The third-order valence-corrected chi connectivity index (χ3v) is 3.94. The Balaban J connectivity index is 1.70. The molecule has 0 fully saturated rings. The van der Waals surface area contributed by atoms with Crippen molar-refractivity contribution in [1.29, 1.82) is 0 Å². The van der Waals surface area contributed by atoms with Gasteiger partial charge in [-0.25, -0.2) is 0 Å². The lowest BCUT2D eigenvalue weighted by Gasteiger charge is -2.07. The van der Waals surface area contributed by atoms with E-state index in [9.17, 15) is 9.59 Å². The molecule has 0 aromatic heterocycles. The molecule has 0 aliphatic heterocycles. The number of carbonyl (C=O) groups is 2. The molecule has 26 heavy (non-hydrogen) atoms. The Morgan fingerprint density at radius 2 is 1.65 bits per heavy atom. The molecular formula is C21H26N2O3. The fourth-order valence-electron chi connectivity index (χ4n) is 2.57. The summed E-state index contributed by atoms with van der Waals surface area (Å²) in [4.78, 5) is 23.8. The van der Waals surface area contributed by atoms with Gasteiger partial charge in [-0.3, -0.25) is 9.59 Å². The van der Waals surface area contributed by atoms with Crippen molar-refractivity contribution in [3.8, 4) is 0 Å². The summed E-state index contributed by atoms with van der Waals surface area (Å²) in [5.74, 6) is -0.0364. The summed E-state index contributed by atoms with van der Waals surface area (Å²) in [6, 6.07) is 17.5. The molecule has 0 aliphatic rings. The number of hydrogen-bond donors (Lipinski definition) is 2. The van der Waals surface area contributed by atoms with Crippen molar-refractivity contribution in [1.82, 2.24) is 5.32 Å². The molecule has 2 amide bonds. The molecule has 0 atom stereocenters. The van der Waals surface area contributed by atoms with Crippen LogP contribution in [0.25, 0.3) is 0 Å². The second-order valence-corrected chi connectivity index (χ2v) is 6.10. The Morgan fingerprint density at radius 1 is 0.923 bits per heavy atom. The Hall–Kier alpha value is -2.66. The summed E-state index contributed by atoms with van der Waals surface area (Å²) in [5.41, 5.74) is 2.90. The predicted molar refractivity (Wildman–Crippen MR) is 103 cm³/mol. The van der Waals surface area contributed by atoms with E-state index < -0.39 is 0 Å². The van der Waals surface area contributed by atoms with Gasteiger partial charge in [-0.15, -0.1) is 0 Å². The maximum absolute atomic E-state index is 12.0. The predicted octanol–water partition coefficient (Wildman–Crippen LogP) is 2.95. The molecule has 138 valence electrons. The number of nitrogens with one attached hydrogen (secondary N) is 2. The Bertz CT molecular complexity index is 684. The fourth-order valence-corrected chi connectivity index (χ4v) is 2.57. The van der Waals surface area contributed by atoms with Gasteiger partial charge in [-0.1, -0.05) is 42.5 Å². The zero-order valence-corrected chi connectivity index (χ0v) is 15.2. The van der Waals surface area contributed by atoms with Crippen LogP contribution < -0.4 is 10.6 Å². The number of methoxy groups -OCH3 is 1. The van der Waals surface area contributed by atoms with Gasteiger partial charge in [0.1, 0.15) is 0 Å². The van der Waals surface area contributed by atoms with Crippen molar-refractivity contribution >= 4 is 17.5 Å². The van der Waals surface area contributed by atoms with Crippen molar-refractivity contribution in [3.63, 3.8) is 0 Å². The molecule has 0 unspecified atom stereocenters. The van der Waals surface area contributed by atoms with Gasteiger partial charge in [0.05, 0.1) is 13.0 Å². The molecule has 0 spiro atoms. The molecule has 0 saturated carbocycles. The van der Waals surface area contributed by atoms with E-state index in [-0.39, 0.29) is 11.8 Å². The molecule has 0 saturated heterocycles. The molecule has 2 aromatic rings. The first kappa shape index (κ1) is 19.7. The number of ether oxygens (including phenoxy) is 1. The van der Waals surface area contributed by atoms with Gasteiger partial charge < -0.3 is 15.4 Å². The first-order valence-electron chi connectivity index (χ1n) is 8.85. The molecule has 5 nitrogen and oxygen atoms in total. The van der Waals surface area contributed by atoms with E-state index in [4.69, 9.17) is 4.74 Å². The third-order valence-electron chi connectivity index (χ3n) is 3.94. The van der Waals surface area contributed by atoms with E-state index in [1.807, 2.05) is 42.5 Å². The highest BCUT2D eigenvalue weighted by Crippen LogP contribution is 2.11. The summed E-state index contributed by atoms with van der Waals surface area (Å²) in [7, 11) is 1.60. The van der Waals surface area contributed by atoms with E-state index in [0.29, 0.717) is 26.0 Å². The Kier molecular flexibility index (Phi) is 8.36. The van der Waals surface area contributed by atoms with Crippen LogP contribution >= 0.6 is 0 Å². The number of amides is 2. The van der Waals surface area contributed by atoms with Crippen LogP contribution in [-0.4, -0.2) is 32.1 Å². The van der Waals surface area contributed by atoms with E-state index in [1.54, 1.807) is 7.11 Å².